The van der Waals surface area contributed by atoms with Crippen molar-refractivity contribution in [2.75, 3.05) is 16.8 Å². The molecule has 2 amide bonds. The fourth-order valence-corrected chi connectivity index (χ4v) is 2.83. The molecule has 0 bridgehead atoms. The van der Waals surface area contributed by atoms with Crippen molar-refractivity contribution in [3.8, 4) is 0 Å². The molecule has 0 saturated carbocycles. The number of carbonyl (C=O) groups is 2. The molecule has 1 aliphatic heterocycles. The van der Waals surface area contributed by atoms with Gasteiger partial charge in [-0.1, -0.05) is 18.2 Å². The number of rotatable bonds is 3. The highest BCUT2D eigenvalue weighted by Crippen LogP contribution is 2.30. The Hall–Kier alpha value is -2.69. The molecule has 2 aromatic carbocycles. The van der Waals surface area contributed by atoms with Crippen molar-refractivity contribution in [2.45, 2.75) is 19.8 Å². The van der Waals surface area contributed by atoms with Gasteiger partial charge in [-0.05, 0) is 41.8 Å². The summed E-state index contributed by atoms with van der Waals surface area (Å²) >= 11 is 0. The number of hydrogen-bond donors (Lipinski definition) is 1. The van der Waals surface area contributed by atoms with Crippen molar-refractivity contribution >= 4 is 23.2 Å². The molecule has 0 aliphatic carbocycles. The number of anilines is 2. The first kappa shape index (κ1) is 15.2. The molecule has 3 rings (SSSR count). The lowest BCUT2D eigenvalue weighted by Gasteiger charge is -2.15. The van der Waals surface area contributed by atoms with Gasteiger partial charge in [0.1, 0.15) is 5.82 Å². The molecule has 0 aromatic heterocycles. The molecule has 0 spiro atoms. The molecule has 0 unspecified atom stereocenters. The Morgan fingerprint density at radius 2 is 2.00 bits per heavy atom. The second-order valence-corrected chi connectivity index (χ2v) is 5.58. The molecule has 0 fully saturated rings. The van der Waals surface area contributed by atoms with E-state index in [2.05, 4.69) is 5.32 Å². The lowest BCUT2D eigenvalue weighted by Crippen LogP contribution is -2.25. The maximum Gasteiger partial charge on any atom is 0.228 e. The predicted octanol–water partition coefficient (Wildman–Crippen LogP) is 2.92. The summed E-state index contributed by atoms with van der Waals surface area (Å²) < 4.78 is 13.6. The molecule has 5 heteroatoms. The molecule has 0 atom stereocenters. The second kappa shape index (κ2) is 6.20. The summed E-state index contributed by atoms with van der Waals surface area (Å²) in [5.74, 6) is -0.634. The molecule has 118 valence electrons. The monoisotopic (exact) mass is 312 g/mol. The maximum absolute atomic E-state index is 13.6. The summed E-state index contributed by atoms with van der Waals surface area (Å²) in [4.78, 5) is 25.3. The van der Waals surface area contributed by atoms with Gasteiger partial charge in [0.05, 0.1) is 6.42 Å². The normalized spacial score (nSPS) is 12.9. The zero-order valence-electron chi connectivity index (χ0n) is 12.8. The highest BCUT2D eigenvalue weighted by molar-refractivity contribution is 5.96. The fourth-order valence-electron chi connectivity index (χ4n) is 2.83. The Morgan fingerprint density at radius 1 is 1.22 bits per heavy atom. The van der Waals surface area contributed by atoms with E-state index in [4.69, 9.17) is 0 Å². The predicted molar refractivity (Wildman–Crippen MR) is 86.9 cm³/mol. The van der Waals surface area contributed by atoms with Crippen molar-refractivity contribution in [2.24, 2.45) is 0 Å². The summed E-state index contributed by atoms with van der Waals surface area (Å²) in [7, 11) is 0. The largest absolute Gasteiger partial charge is 0.326 e. The quantitative estimate of drug-likeness (QED) is 0.947. The summed E-state index contributed by atoms with van der Waals surface area (Å²) in [5, 5.41) is 2.78. The number of amides is 2. The van der Waals surface area contributed by atoms with Crippen LogP contribution in [0.25, 0.3) is 0 Å². The third-order valence-electron chi connectivity index (χ3n) is 3.95. The second-order valence-electron chi connectivity index (χ2n) is 5.58. The van der Waals surface area contributed by atoms with Crippen LogP contribution in [0.15, 0.2) is 42.5 Å². The Balaban J connectivity index is 1.71. The zero-order valence-corrected chi connectivity index (χ0v) is 12.8. The van der Waals surface area contributed by atoms with E-state index in [0.717, 1.165) is 17.7 Å². The standard InChI is InChI=1S/C18H17FN2O2/c1-12(22)21-9-8-14-10-15(6-7-17(14)21)20-18(23)11-13-4-2-3-5-16(13)19/h2-7,10H,8-9,11H2,1H3,(H,20,23). The summed E-state index contributed by atoms with van der Waals surface area (Å²) in [6, 6.07) is 11.7. The van der Waals surface area contributed by atoms with Gasteiger partial charge in [0, 0.05) is 24.8 Å². The topological polar surface area (TPSA) is 49.4 Å². The maximum atomic E-state index is 13.6. The SMILES string of the molecule is CC(=O)N1CCc2cc(NC(=O)Cc3ccccc3F)ccc21. The Morgan fingerprint density at radius 3 is 2.74 bits per heavy atom. The van der Waals surface area contributed by atoms with E-state index in [0.29, 0.717) is 17.8 Å². The van der Waals surface area contributed by atoms with Gasteiger partial charge in [-0.2, -0.15) is 0 Å². The van der Waals surface area contributed by atoms with E-state index >= 15 is 0 Å². The highest BCUT2D eigenvalue weighted by atomic mass is 19.1. The number of hydrogen-bond acceptors (Lipinski definition) is 2. The Bertz CT molecular complexity index is 773. The van der Waals surface area contributed by atoms with Gasteiger partial charge in [-0.15, -0.1) is 0 Å². The van der Waals surface area contributed by atoms with Gasteiger partial charge < -0.3 is 10.2 Å². The third-order valence-corrected chi connectivity index (χ3v) is 3.95. The molecule has 2 aromatic rings. The molecular formula is C18H17FN2O2. The first-order chi connectivity index (χ1) is 11.0. The smallest absolute Gasteiger partial charge is 0.228 e. The van der Waals surface area contributed by atoms with Crippen LogP contribution in [-0.2, 0) is 22.4 Å². The van der Waals surface area contributed by atoms with E-state index in [1.54, 1.807) is 36.1 Å². The van der Waals surface area contributed by atoms with E-state index in [-0.39, 0.29) is 24.1 Å². The van der Waals surface area contributed by atoms with Gasteiger partial charge in [-0.25, -0.2) is 4.39 Å². The lowest BCUT2D eigenvalue weighted by atomic mass is 10.1. The zero-order chi connectivity index (χ0) is 16.4. The minimum absolute atomic E-state index is 0.0106. The molecule has 23 heavy (non-hydrogen) atoms. The van der Waals surface area contributed by atoms with Crippen LogP contribution in [0.3, 0.4) is 0 Å². The van der Waals surface area contributed by atoms with Crippen LogP contribution in [0.1, 0.15) is 18.1 Å². The fraction of sp³-hybridized carbons (Fsp3) is 0.222. The molecule has 1 aliphatic rings. The van der Waals surface area contributed by atoms with Crippen molar-refractivity contribution < 1.29 is 14.0 Å². The average Bonchev–Trinajstić information content (AvgIpc) is 2.93. The summed E-state index contributed by atoms with van der Waals surface area (Å²) in [6.07, 6.45) is 0.759. The van der Waals surface area contributed by atoms with Gasteiger partial charge in [0.25, 0.3) is 0 Å². The van der Waals surface area contributed by atoms with Crippen LogP contribution in [0.5, 0.6) is 0 Å². The van der Waals surface area contributed by atoms with E-state index in [9.17, 15) is 14.0 Å². The van der Waals surface area contributed by atoms with E-state index in [1.165, 1.54) is 6.07 Å². The number of fused-ring (bicyclic) bond motifs is 1. The van der Waals surface area contributed by atoms with Crippen molar-refractivity contribution in [3.05, 3.63) is 59.4 Å². The first-order valence-corrected chi connectivity index (χ1v) is 7.49. The average molecular weight is 312 g/mol. The minimum atomic E-state index is -0.381. The van der Waals surface area contributed by atoms with Crippen LogP contribution < -0.4 is 10.2 Å². The van der Waals surface area contributed by atoms with Crippen molar-refractivity contribution in [3.63, 3.8) is 0 Å². The van der Waals surface area contributed by atoms with Crippen LogP contribution in [0.2, 0.25) is 0 Å². The summed E-state index contributed by atoms with van der Waals surface area (Å²) in [5.41, 5.74) is 2.96. The van der Waals surface area contributed by atoms with Gasteiger partial charge in [0.2, 0.25) is 11.8 Å². The number of halogens is 1. The number of carbonyl (C=O) groups excluding carboxylic acids is 2. The molecule has 0 radical (unpaired) electrons. The van der Waals surface area contributed by atoms with Gasteiger partial charge in [-0.3, -0.25) is 9.59 Å². The number of benzene rings is 2. The van der Waals surface area contributed by atoms with Crippen LogP contribution in [-0.4, -0.2) is 18.4 Å². The number of nitrogens with one attached hydrogen (secondary N) is 1. The highest BCUT2D eigenvalue weighted by Gasteiger charge is 2.22. The molecule has 1 heterocycles. The number of nitrogens with zero attached hydrogens (tertiary/aromatic N) is 1. The lowest BCUT2D eigenvalue weighted by molar-refractivity contribution is -0.117. The van der Waals surface area contributed by atoms with E-state index in [1.807, 2.05) is 12.1 Å². The van der Waals surface area contributed by atoms with Gasteiger partial charge in [0.15, 0.2) is 0 Å². The van der Waals surface area contributed by atoms with Crippen molar-refractivity contribution in [1.29, 1.82) is 0 Å². The van der Waals surface area contributed by atoms with E-state index < -0.39 is 0 Å². The molecule has 0 saturated heterocycles. The Kier molecular flexibility index (Phi) is 4.10. The third kappa shape index (κ3) is 3.23. The van der Waals surface area contributed by atoms with Crippen molar-refractivity contribution in [1.82, 2.24) is 0 Å². The van der Waals surface area contributed by atoms with Crippen LogP contribution >= 0.6 is 0 Å². The molecular weight excluding hydrogens is 295 g/mol. The van der Waals surface area contributed by atoms with Gasteiger partial charge >= 0.3 is 0 Å². The Labute approximate surface area is 133 Å². The summed E-state index contributed by atoms with van der Waals surface area (Å²) in [6.45, 7) is 2.20. The molecule has 1 N–H and O–H groups in total. The van der Waals surface area contributed by atoms with Crippen LogP contribution in [0.4, 0.5) is 15.8 Å². The molecule has 4 nitrogen and oxygen atoms in total. The first-order valence-electron chi connectivity index (χ1n) is 7.49. The minimum Gasteiger partial charge on any atom is -0.326 e. The van der Waals surface area contributed by atoms with Crippen LogP contribution in [0, 0.1) is 5.82 Å².